The number of pyridine rings is 1. The van der Waals surface area contributed by atoms with Crippen molar-refractivity contribution in [3.05, 3.63) is 30.1 Å². The van der Waals surface area contributed by atoms with Crippen molar-refractivity contribution in [3.63, 3.8) is 0 Å². The molecule has 1 aromatic rings. The molecule has 0 spiro atoms. The zero-order chi connectivity index (χ0) is 12.5. The minimum Gasteiger partial charge on any atom is -0.338 e. The fourth-order valence-electron chi connectivity index (χ4n) is 1.45. The predicted molar refractivity (Wildman–Crippen MR) is 68.5 cm³/mol. The van der Waals surface area contributed by atoms with E-state index in [-0.39, 0.29) is 6.03 Å². The van der Waals surface area contributed by atoms with Gasteiger partial charge in [0, 0.05) is 12.7 Å². The fourth-order valence-corrected chi connectivity index (χ4v) is 1.45. The molecule has 4 nitrogen and oxygen atoms in total. The second kappa shape index (κ2) is 7.65. The molecule has 0 fully saturated rings. The minimum atomic E-state index is -0.126. The SMILES string of the molecule is CC(C)CCCNC(=O)NCc1ccccn1. The Morgan fingerprint density at radius 1 is 1.35 bits per heavy atom. The van der Waals surface area contributed by atoms with Gasteiger partial charge in [-0.25, -0.2) is 4.79 Å². The average Bonchev–Trinajstić information content (AvgIpc) is 2.33. The number of rotatable bonds is 6. The Morgan fingerprint density at radius 2 is 2.18 bits per heavy atom. The van der Waals surface area contributed by atoms with Crippen LogP contribution in [0, 0.1) is 5.92 Å². The van der Waals surface area contributed by atoms with Crippen LogP contribution < -0.4 is 10.6 Å². The number of carbonyl (C=O) groups excluding carboxylic acids is 1. The lowest BCUT2D eigenvalue weighted by molar-refractivity contribution is 0.240. The molecular weight excluding hydrogens is 214 g/mol. The third kappa shape index (κ3) is 6.56. The van der Waals surface area contributed by atoms with Crippen LogP contribution >= 0.6 is 0 Å². The van der Waals surface area contributed by atoms with E-state index in [1.807, 2.05) is 18.2 Å². The molecule has 0 aliphatic rings. The highest BCUT2D eigenvalue weighted by Crippen LogP contribution is 2.01. The molecule has 0 atom stereocenters. The first-order valence-electron chi connectivity index (χ1n) is 6.10. The summed E-state index contributed by atoms with van der Waals surface area (Å²) < 4.78 is 0. The van der Waals surface area contributed by atoms with Gasteiger partial charge in [0.1, 0.15) is 0 Å². The lowest BCUT2D eigenvalue weighted by Gasteiger charge is -2.08. The number of hydrogen-bond acceptors (Lipinski definition) is 2. The van der Waals surface area contributed by atoms with Crippen LogP contribution in [0.1, 0.15) is 32.4 Å². The maximum absolute atomic E-state index is 11.4. The highest BCUT2D eigenvalue weighted by Gasteiger charge is 2.00. The summed E-state index contributed by atoms with van der Waals surface area (Å²) in [5.74, 6) is 0.688. The molecule has 0 bridgehead atoms. The maximum Gasteiger partial charge on any atom is 0.315 e. The zero-order valence-electron chi connectivity index (χ0n) is 10.6. The summed E-state index contributed by atoms with van der Waals surface area (Å²) in [5.41, 5.74) is 0.866. The largest absolute Gasteiger partial charge is 0.338 e. The molecule has 2 N–H and O–H groups in total. The molecule has 0 saturated carbocycles. The Hall–Kier alpha value is -1.58. The van der Waals surface area contributed by atoms with Crippen LogP contribution in [0.15, 0.2) is 24.4 Å². The maximum atomic E-state index is 11.4. The van der Waals surface area contributed by atoms with Gasteiger partial charge in [-0.2, -0.15) is 0 Å². The second-order valence-corrected chi connectivity index (χ2v) is 4.47. The van der Waals surface area contributed by atoms with Gasteiger partial charge in [0.05, 0.1) is 12.2 Å². The van der Waals surface area contributed by atoms with Crippen LogP contribution in [0.3, 0.4) is 0 Å². The zero-order valence-corrected chi connectivity index (χ0v) is 10.6. The molecule has 0 unspecified atom stereocenters. The minimum absolute atomic E-state index is 0.126. The van der Waals surface area contributed by atoms with Gasteiger partial charge in [0.15, 0.2) is 0 Å². The van der Waals surface area contributed by atoms with Gasteiger partial charge in [-0.1, -0.05) is 19.9 Å². The van der Waals surface area contributed by atoms with Crippen molar-refractivity contribution in [2.45, 2.75) is 33.2 Å². The molecule has 2 amide bonds. The van der Waals surface area contributed by atoms with E-state index in [4.69, 9.17) is 0 Å². The third-order valence-electron chi connectivity index (χ3n) is 2.40. The topological polar surface area (TPSA) is 54.0 Å². The number of amides is 2. The Balaban J connectivity index is 2.09. The van der Waals surface area contributed by atoms with E-state index in [2.05, 4.69) is 29.5 Å². The number of urea groups is 1. The summed E-state index contributed by atoms with van der Waals surface area (Å²) >= 11 is 0. The number of carbonyl (C=O) groups is 1. The number of aromatic nitrogens is 1. The second-order valence-electron chi connectivity index (χ2n) is 4.47. The van der Waals surface area contributed by atoms with E-state index in [0.717, 1.165) is 25.1 Å². The van der Waals surface area contributed by atoms with Crippen molar-refractivity contribution < 1.29 is 4.79 Å². The molecule has 1 rings (SSSR count). The molecule has 1 heterocycles. The van der Waals surface area contributed by atoms with Crippen molar-refractivity contribution in [1.82, 2.24) is 15.6 Å². The summed E-state index contributed by atoms with van der Waals surface area (Å²) in [7, 11) is 0. The van der Waals surface area contributed by atoms with Crippen LogP contribution in [-0.4, -0.2) is 17.6 Å². The Bertz CT molecular complexity index is 325. The summed E-state index contributed by atoms with van der Waals surface area (Å²) in [6.45, 7) is 5.56. The standard InChI is InChI=1S/C13H21N3O/c1-11(2)6-5-9-15-13(17)16-10-12-7-3-4-8-14-12/h3-4,7-8,11H,5-6,9-10H2,1-2H3,(H2,15,16,17). The van der Waals surface area contributed by atoms with Gasteiger partial charge in [0.25, 0.3) is 0 Å². The van der Waals surface area contributed by atoms with E-state index < -0.39 is 0 Å². The van der Waals surface area contributed by atoms with E-state index in [1.165, 1.54) is 0 Å². The van der Waals surface area contributed by atoms with Crippen LogP contribution in [0.4, 0.5) is 4.79 Å². The van der Waals surface area contributed by atoms with Crippen molar-refractivity contribution in [2.75, 3.05) is 6.54 Å². The van der Waals surface area contributed by atoms with Crippen molar-refractivity contribution >= 4 is 6.03 Å². The summed E-state index contributed by atoms with van der Waals surface area (Å²) in [6, 6.07) is 5.53. The summed E-state index contributed by atoms with van der Waals surface area (Å²) in [5, 5.41) is 5.60. The van der Waals surface area contributed by atoms with E-state index in [9.17, 15) is 4.79 Å². The Labute approximate surface area is 103 Å². The van der Waals surface area contributed by atoms with E-state index >= 15 is 0 Å². The van der Waals surface area contributed by atoms with Crippen molar-refractivity contribution in [3.8, 4) is 0 Å². The quantitative estimate of drug-likeness (QED) is 0.743. The molecule has 0 aliphatic heterocycles. The molecule has 1 aromatic heterocycles. The monoisotopic (exact) mass is 235 g/mol. The smallest absolute Gasteiger partial charge is 0.315 e. The van der Waals surface area contributed by atoms with Crippen LogP contribution in [0.25, 0.3) is 0 Å². The molecule has 0 aromatic carbocycles. The molecule has 17 heavy (non-hydrogen) atoms. The molecule has 0 aliphatic carbocycles. The van der Waals surface area contributed by atoms with Crippen LogP contribution in [0.2, 0.25) is 0 Å². The van der Waals surface area contributed by atoms with Gasteiger partial charge < -0.3 is 10.6 Å². The molecule has 94 valence electrons. The lowest BCUT2D eigenvalue weighted by atomic mass is 10.1. The predicted octanol–water partition coefficient (Wildman–Crippen LogP) is 2.32. The van der Waals surface area contributed by atoms with Crippen LogP contribution in [0.5, 0.6) is 0 Å². The summed E-state index contributed by atoms with van der Waals surface area (Å²) in [6.07, 6.45) is 3.88. The first-order chi connectivity index (χ1) is 8.18. The number of nitrogens with zero attached hydrogens (tertiary/aromatic N) is 1. The summed E-state index contributed by atoms with van der Waals surface area (Å²) in [4.78, 5) is 15.5. The van der Waals surface area contributed by atoms with Gasteiger partial charge >= 0.3 is 6.03 Å². The van der Waals surface area contributed by atoms with Crippen molar-refractivity contribution in [2.24, 2.45) is 5.92 Å². The highest BCUT2D eigenvalue weighted by atomic mass is 16.2. The Kier molecular flexibility index (Phi) is 6.07. The first-order valence-corrected chi connectivity index (χ1v) is 6.10. The molecular formula is C13H21N3O. The number of hydrogen-bond donors (Lipinski definition) is 2. The Morgan fingerprint density at radius 3 is 2.82 bits per heavy atom. The van der Waals surface area contributed by atoms with Gasteiger partial charge in [-0.05, 0) is 30.9 Å². The fraction of sp³-hybridized carbons (Fsp3) is 0.538. The lowest BCUT2D eigenvalue weighted by Crippen LogP contribution is -2.35. The molecule has 4 heteroatoms. The highest BCUT2D eigenvalue weighted by molar-refractivity contribution is 5.73. The van der Waals surface area contributed by atoms with Gasteiger partial charge in [-0.15, -0.1) is 0 Å². The number of nitrogens with one attached hydrogen (secondary N) is 2. The van der Waals surface area contributed by atoms with Crippen molar-refractivity contribution in [1.29, 1.82) is 0 Å². The van der Waals surface area contributed by atoms with Gasteiger partial charge in [-0.3, -0.25) is 4.98 Å². The van der Waals surface area contributed by atoms with Gasteiger partial charge in [0.2, 0.25) is 0 Å². The van der Waals surface area contributed by atoms with Crippen LogP contribution in [-0.2, 0) is 6.54 Å². The molecule has 0 saturated heterocycles. The normalized spacial score (nSPS) is 10.3. The van der Waals surface area contributed by atoms with E-state index in [0.29, 0.717) is 12.5 Å². The molecule has 0 radical (unpaired) electrons. The van der Waals surface area contributed by atoms with E-state index in [1.54, 1.807) is 6.20 Å². The average molecular weight is 235 g/mol. The third-order valence-corrected chi connectivity index (χ3v) is 2.40. The first kappa shape index (κ1) is 13.5.